The van der Waals surface area contributed by atoms with Gasteiger partial charge in [-0.25, -0.2) is 4.98 Å². The van der Waals surface area contributed by atoms with Crippen molar-refractivity contribution in [1.29, 1.82) is 0 Å². The summed E-state index contributed by atoms with van der Waals surface area (Å²) in [4.78, 5) is 6.25. The van der Waals surface area contributed by atoms with Gasteiger partial charge in [0.05, 0.1) is 5.60 Å². The number of hydrogen-bond donors (Lipinski definition) is 1. The lowest BCUT2D eigenvalue weighted by Gasteiger charge is -2.27. The molecule has 0 saturated carbocycles. The average Bonchev–Trinajstić information content (AvgIpc) is 2.61. The summed E-state index contributed by atoms with van der Waals surface area (Å²) in [5.41, 5.74) is 0.206. The molecule has 0 saturated heterocycles. The molecule has 0 aromatic carbocycles. The molecule has 2 rings (SSSR count). The zero-order valence-electron chi connectivity index (χ0n) is 9.88. The maximum absolute atomic E-state index is 9.81. The highest BCUT2D eigenvalue weighted by molar-refractivity contribution is 5.51. The number of imidazole rings is 1. The normalized spacial score (nSPS) is 12.0. The Morgan fingerprint density at radius 3 is 2.88 bits per heavy atom. The molecule has 0 aliphatic carbocycles. The number of hydrogen-bond acceptors (Lipinski definition) is 3. The van der Waals surface area contributed by atoms with E-state index in [1.165, 1.54) is 0 Å². The standard InChI is InChI=1S/C12H17N3O/c1-12(2,16)9-14(3)11-6-4-5-10-13-7-8-15(10)11/h4-8,16H,9H2,1-3H3. The summed E-state index contributed by atoms with van der Waals surface area (Å²) in [6.45, 7) is 4.18. The fourth-order valence-corrected chi connectivity index (χ4v) is 1.91. The highest BCUT2D eigenvalue weighted by Crippen LogP contribution is 2.17. The van der Waals surface area contributed by atoms with E-state index in [2.05, 4.69) is 4.98 Å². The highest BCUT2D eigenvalue weighted by Gasteiger charge is 2.17. The van der Waals surface area contributed by atoms with Gasteiger partial charge in [0.15, 0.2) is 0 Å². The molecule has 4 heteroatoms. The molecule has 1 N–H and O–H groups in total. The molecule has 2 heterocycles. The second-order valence-corrected chi connectivity index (χ2v) is 4.71. The van der Waals surface area contributed by atoms with Gasteiger partial charge in [-0.15, -0.1) is 0 Å². The van der Waals surface area contributed by atoms with Crippen molar-refractivity contribution >= 4 is 11.5 Å². The van der Waals surface area contributed by atoms with E-state index in [-0.39, 0.29) is 0 Å². The fraction of sp³-hybridized carbons (Fsp3) is 0.417. The van der Waals surface area contributed by atoms with Crippen molar-refractivity contribution in [3.63, 3.8) is 0 Å². The SMILES string of the molecule is CN(CC(C)(C)O)c1cccc2nccn12. The Hall–Kier alpha value is -1.55. The van der Waals surface area contributed by atoms with E-state index in [9.17, 15) is 5.11 Å². The Bertz CT molecular complexity index is 484. The van der Waals surface area contributed by atoms with Gasteiger partial charge >= 0.3 is 0 Å². The minimum atomic E-state index is -0.711. The van der Waals surface area contributed by atoms with Crippen molar-refractivity contribution in [1.82, 2.24) is 9.38 Å². The molecule has 2 aromatic rings. The molecule has 16 heavy (non-hydrogen) atoms. The summed E-state index contributed by atoms with van der Waals surface area (Å²) < 4.78 is 2.01. The predicted octanol–water partition coefficient (Wildman–Crippen LogP) is 1.54. The first-order chi connectivity index (χ1) is 7.47. The van der Waals surface area contributed by atoms with Gasteiger partial charge in [-0.1, -0.05) is 6.07 Å². The van der Waals surface area contributed by atoms with Crippen molar-refractivity contribution in [2.75, 3.05) is 18.5 Å². The Morgan fingerprint density at radius 1 is 1.44 bits per heavy atom. The van der Waals surface area contributed by atoms with Crippen LogP contribution in [-0.2, 0) is 0 Å². The first-order valence-corrected chi connectivity index (χ1v) is 5.33. The Kier molecular flexibility index (Phi) is 2.59. The summed E-state index contributed by atoms with van der Waals surface area (Å²) in [6.07, 6.45) is 3.70. The third-order valence-corrected chi connectivity index (χ3v) is 2.42. The van der Waals surface area contributed by atoms with Crippen LogP contribution in [0.1, 0.15) is 13.8 Å². The minimum absolute atomic E-state index is 0.574. The Morgan fingerprint density at radius 2 is 2.19 bits per heavy atom. The largest absolute Gasteiger partial charge is 0.389 e. The highest BCUT2D eigenvalue weighted by atomic mass is 16.3. The van der Waals surface area contributed by atoms with Crippen molar-refractivity contribution in [3.05, 3.63) is 30.6 Å². The molecule has 2 aromatic heterocycles. The van der Waals surface area contributed by atoms with Crippen LogP contribution in [0.25, 0.3) is 5.65 Å². The number of rotatable bonds is 3. The second-order valence-electron chi connectivity index (χ2n) is 4.71. The van der Waals surface area contributed by atoms with Crippen LogP contribution in [0.4, 0.5) is 5.82 Å². The lowest BCUT2D eigenvalue weighted by molar-refractivity contribution is 0.0884. The van der Waals surface area contributed by atoms with Crippen LogP contribution in [0.2, 0.25) is 0 Å². The summed E-state index contributed by atoms with van der Waals surface area (Å²) >= 11 is 0. The summed E-state index contributed by atoms with van der Waals surface area (Å²) in [5, 5.41) is 9.81. The number of aromatic nitrogens is 2. The van der Waals surface area contributed by atoms with Crippen molar-refractivity contribution < 1.29 is 5.11 Å². The molecule has 4 nitrogen and oxygen atoms in total. The smallest absolute Gasteiger partial charge is 0.138 e. The number of aliphatic hydroxyl groups is 1. The lowest BCUT2D eigenvalue weighted by Crippen LogP contribution is -2.36. The zero-order valence-corrected chi connectivity index (χ0v) is 9.88. The van der Waals surface area contributed by atoms with Crippen LogP contribution >= 0.6 is 0 Å². The average molecular weight is 219 g/mol. The van der Waals surface area contributed by atoms with Gasteiger partial charge in [0.1, 0.15) is 11.5 Å². The molecule has 0 unspecified atom stereocenters. The molecule has 0 aliphatic heterocycles. The van der Waals surface area contributed by atoms with Crippen LogP contribution in [0.5, 0.6) is 0 Å². The molecule has 86 valence electrons. The van der Waals surface area contributed by atoms with Gasteiger partial charge in [0.2, 0.25) is 0 Å². The second kappa shape index (κ2) is 3.79. The molecule has 0 aliphatic rings. The summed E-state index contributed by atoms with van der Waals surface area (Å²) in [6, 6.07) is 5.94. The van der Waals surface area contributed by atoms with E-state index in [1.54, 1.807) is 20.0 Å². The number of nitrogens with zero attached hydrogens (tertiary/aromatic N) is 3. The summed E-state index contributed by atoms with van der Waals surface area (Å²) in [7, 11) is 1.97. The molecular weight excluding hydrogens is 202 g/mol. The van der Waals surface area contributed by atoms with E-state index in [0.29, 0.717) is 6.54 Å². The van der Waals surface area contributed by atoms with Gasteiger partial charge in [-0.3, -0.25) is 4.40 Å². The van der Waals surface area contributed by atoms with E-state index in [4.69, 9.17) is 0 Å². The number of likely N-dealkylation sites (N-methyl/N-ethyl adjacent to an activating group) is 1. The zero-order chi connectivity index (χ0) is 11.8. The number of anilines is 1. The van der Waals surface area contributed by atoms with E-state index in [0.717, 1.165) is 11.5 Å². The molecule has 0 amide bonds. The minimum Gasteiger partial charge on any atom is -0.389 e. The molecule has 0 fully saturated rings. The van der Waals surface area contributed by atoms with E-state index >= 15 is 0 Å². The van der Waals surface area contributed by atoms with Crippen LogP contribution in [0, 0.1) is 0 Å². The van der Waals surface area contributed by atoms with Crippen LogP contribution in [-0.4, -0.2) is 33.7 Å². The van der Waals surface area contributed by atoms with Crippen molar-refractivity contribution in [3.8, 4) is 0 Å². The topological polar surface area (TPSA) is 40.8 Å². The number of fused-ring (bicyclic) bond motifs is 1. The molecule has 0 radical (unpaired) electrons. The van der Waals surface area contributed by atoms with Crippen LogP contribution in [0.3, 0.4) is 0 Å². The third-order valence-electron chi connectivity index (χ3n) is 2.42. The third kappa shape index (κ3) is 2.17. The van der Waals surface area contributed by atoms with Crippen LogP contribution in [0.15, 0.2) is 30.6 Å². The summed E-state index contributed by atoms with van der Waals surface area (Å²) in [5.74, 6) is 1.03. The predicted molar refractivity (Wildman–Crippen MR) is 64.8 cm³/mol. The number of pyridine rings is 1. The van der Waals surface area contributed by atoms with Crippen molar-refractivity contribution in [2.24, 2.45) is 0 Å². The first-order valence-electron chi connectivity index (χ1n) is 5.33. The molecule has 0 spiro atoms. The van der Waals surface area contributed by atoms with E-state index < -0.39 is 5.60 Å². The monoisotopic (exact) mass is 219 g/mol. The lowest BCUT2D eigenvalue weighted by atomic mass is 10.1. The molecule has 0 atom stereocenters. The van der Waals surface area contributed by atoms with E-state index in [1.807, 2.05) is 40.7 Å². The Balaban J connectivity index is 2.36. The van der Waals surface area contributed by atoms with Crippen molar-refractivity contribution in [2.45, 2.75) is 19.4 Å². The molecule has 0 bridgehead atoms. The van der Waals surface area contributed by atoms with Gasteiger partial charge in [0, 0.05) is 26.0 Å². The quantitative estimate of drug-likeness (QED) is 0.851. The maximum atomic E-state index is 9.81. The van der Waals surface area contributed by atoms with Gasteiger partial charge < -0.3 is 10.0 Å². The maximum Gasteiger partial charge on any atom is 0.138 e. The first kappa shape index (κ1) is 11.0. The van der Waals surface area contributed by atoms with Gasteiger partial charge in [-0.2, -0.15) is 0 Å². The molecular formula is C12H17N3O. The Labute approximate surface area is 95.1 Å². The van der Waals surface area contributed by atoms with Crippen LogP contribution < -0.4 is 4.90 Å². The fourth-order valence-electron chi connectivity index (χ4n) is 1.91. The van der Waals surface area contributed by atoms with Gasteiger partial charge in [-0.05, 0) is 26.0 Å². The van der Waals surface area contributed by atoms with Gasteiger partial charge in [0.25, 0.3) is 0 Å².